The van der Waals surface area contributed by atoms with E-state index in [0.29, 0.717) is 6.42 Å². The number of carbonyl (C=O) groups excluding carboxylic acids is 4. The maximum absolute atomic E-state index is 11.9. The summed E-state index contributed by atoms with van der Waals surface area (Å²) in [7, 11) is 0. The van der Waals surface area contributed by atoms with Crippen molar-refractivity contribution >= 4 is 23.9 Å². The highest BCUT2D eigenvalue weighted by molar-refractivity contribution is 5.67. The van der Waals surface area contributed by atoms with Crippen molar-refractivity contribution in [2.75, 3.05) is 6.61 Å². The van der Waals surface area contributed by atoms with Gasteiger partial charge in [0.1, 0.15) is 24.9 Å². The van der Waals surface area contributed by atoms with Gasteiger partial charge in [0.25, 0.3) is 0 Å². The maximum Gasteiger partial charge on any atom is 0.303 e. The third-order valence-electron chi connectivity index (χ3n) is 6.29. The molecule has 0 N–H and O–H groups in total. The second-order valence-corrected chi connectivity index (χ2v) is 9.17. The number of rotatable bonds is 8. The Kier molecular flexibility index (Phi) is 10.5. The zero-order valence-corrected chi connectivity index (χ0v) is 21.7. The first kappa shape index (κ1) is 29.0. The Morgan fingerprint density at radius 1 is 0.657 bits per heavy atom. The predicted molar refractivity (Wildman–Crippen MR) is 120 cm³/mol. The molecule has 0 spiro atoms. The summed E-state index contributed by atoms with van der Waals surface area (Å²) >= 11 is 0. The molecule has 2 aliphatic rings. The van der Waals surface area contributed by atoms with Gasteiger partial charge in [-0.15, -0.1) is 0 Å². The molecule has 0 amide bonds. The van der Waals surface area contributed by atoms with Crippen LogP contribution in [0.1, 0.15) is 61.8 Å². The fourth-order valence-electron chi connectivity index (χ4n) is 4.75. The van der Waals surface area contributed by atoms with Gasteiger partial charge in [-0.2, -0.15) is 0 Å². The molecule has 0 aromatic carbocycles. The van der Waals surface area contributed by atoms with E-state index >= 15 is 0 Å². The van der Waals surface area contributed by atoms with Crippen LogP contribution in [0, 0.1) is 11.8 Å². The Balaban J connectivity index is 2.36. The SMILES string of the molecule is CCC1O[C@@H](C)C(OC(C)=O)[C@@H](C)[C@H]1O[C@@H]1OC(COC(C)=O)[C@H](OC(C)=O)[C@H](C)C1OC(C)=O. The summed E-state index contributed by atoms with van der Waals surface area (Å²) in [4.78, 5) is 46.8. The molecule has 2 rings (SSSR count). The summed E-state index contributed by atoms with van der Waals surface area (Å²) in [6.07, 6.45) is -4.95. The van der Waals surface area contributed by atoms with Crippen molar-refractivity contribution in [3.8, 4) is 0 Å². The van der Waals surface area contributed by atoms with E-state index in [1.54, 1.807) is 6.92 Å². The van der Waals surface area contributed by atoms with Gasteiger partial charge in [-0.1, -0.05) is 20.8 Å². The predicted octanol–water partition coefficient (Wildman–Crippen LogP) is 1.92. The van der Waals surface area contributed by atoms with E-state index in [2.05, 4.69) is 0 Å². The van der Waals surface area contributed by atoms with Gasteiger partial charge < -0.3 is 33.2 Å². The Labute approximate surface area is 206 Å². The standard InChI is InChI=1S/C24H38O11/c1-9-18-21(11(2)20(13(4)30-18)31-15(6)26)35-24-23(33-17(8)28)12(3)22(32-16(7)27)19(34-24)10-29-14(5)25/h11-13,18-24H,9-10H2,1-8H3/t11-,12+,13+,18?,19?,20?,21-,22-,23?,24+/m1/s1. The highest BCUT2D eigenvalue weighted by Gasteiger charge is 2.52. The topological polar surface area (TPSA) is 133 Å². The quantitative estimate of drug-likeness (QED) is 0.356. The molecule has 2 saturated heterocycles. The van der Waals surface area contributed by atoms with Gasteiger partial charge in [-0.3, -0.25) is 19.2 Å². The largest absolute Gasteiger partial charge is 0.463 e. The zero-order chi connectivity index (χ0) is 26.4. The second kappa shape index (κ2) is 12.6. The average Bonchev–Trinajstić information content (AvgIpc) is 2.75. The van der Waals surface area contributed by atoms with Crippen molar-refractivity contribution in [3.63, 3.8) is 0 Å². The smallest absolute Gasteiger partial charge is 0.303 e. The van der Waals surface area contributed by atoms with Gasteiger partial charge in [0.2, 0.25) is 0 Å². The van der Waals surface area contributed by atoms with Crippen LogP contribution in [0.4, 0.5) is 0 Å². The lowest BCUT2D eigenvalue weighted by molar-refractivity contribution is -0.329. The summed E-state index contributed by atoms with van der Waals surface area (Å²) < 4.78 is 40.2. The first-order valence-corrected chi connectivity index (χ1v) is 12.0. The summed E-state index contributed by atoms with van der Waals surface area (Å²) in [5, 5.41) is 0. The number of esters is 4. The van der Waals surface area contributed by atoms with Crippen LogP contribution < -0.4 is 0 Å². The first-order valence-electron chi connectivity index (χ1n) is 12.0. The Hall–Kier alpha value is -2.24. The molecule has 4 unspecified atom stereocenters. The van der Waals surface area contributed by atoms with E-state index in [4.69, 9.17) is 33.2 Å². The molecule has 11 nitrogen and oxygen atoms in total. The van der Waals surface area contributed by atoms with Crippen molar-refractivity contribution in [2.45, 2.75) is 111 Å². The van der Waals surface area contributed by atoms with Gasteiger partial charge in [0.05, 0.1) is 18.3 Å². The van der Waals surface area contributed by atoms with Gasteiger partial charge in [0, 0.05) is 39.5 Å². The van der Waals surface area contributed by atoms with Crippen LogP contribution >= 0.6 is 0 Å². The number of hydrogen-bond acceptors (Lipinski definition) is 11. The minimum Gasteiger partial charge on any atom is -0.463 e. The lowest BCUT2D eigenvalue weighted by Gasteiger charge is -2.48. The minimum absolute atomic E-state index is 0.189. The fourth-order valence-corrected chi connectivity index (χ4v) is 4.75. The van der Waals surface area contributed by atoms with E-state index in [0.717, 1.165) is 0 Å². The summed E-state index contributed by atoms with van der Waals surface area (Å²) in [5.41, 5.74) is 0. The molecule has 0 aromatic heterocycles. The molecule has 0 aromatic rings. The second-order valence-electron chi connectivity index (χ2n) is 9.17. The lowest BCUT2D eigenvalue weighted by atomic mass is 9.86. The highest BCUT2D eigenvalue weighted by Crippen LogP contribution is 2.37. The molecule has 0 radical (unpaired) electrons. The summed E-state index contributed by atoms with van der Waals surface area (Å²) in [5.74, 6) is -2.91. The number of carbonyl (C=O) groups is 4. The molecule has 0 aliphatic carbocycles. The Morgan fingerprint density at radius 3 is 1.69 bits per heavy atom. The molecule has 200 valence electrons. The van der Waals surface area contributed by atoms with Crippen molar-refractivity contribution in [1.82, 2.24) is 0 Å². The zero-order valence-electron chi connectivity index (χ0n) is 21.7. The third-order valence-corrected chi connectivity index (χ3v) is 6.29. The molecule has 2 heterocycles. The summed E-state index contributed by atoms with van der Waals surface area (Å²) in [6, 6.07) is 0. The molecular weight excluding hydrogens is 464 g/mol. The number of hydrogen-bond donors (Lipinski definition) is 0. The van der Waals surface area contributed by atoms with Crippen LogP contribution in [-0.2, 0) is 52.3 Å². The molecule has 11 heteroatoms. The fraction of sp³-hybridized carbons (Fsp3) is 0.833. The van der Waals surface area contributed by atoms with Crippen LogP contribution in [0.15, 0.2) is 0 Å². The molecular formula is C24H38O11. The molecule has 35 heavy (non-hydrogen) atoms. The molecule has 10 atom stereocenters. The van der Waals surface area contributed by atoms with Crippen molar-refractivity contribution in [3.05, 3.63) is 0 Å². The van der Waals surface area contributed by atoms with E-state index in [1.807, 2.05) is 20.8 Å². The first-order chi connectivity index (χ1) is 16.3. The monoisotopic (exact) mass is 502 g/mol. The highest BCUT2D eigenvalue weighted by atomic mass is 16.7. The van der Waals surface area contributed by atoms with Gasteiger partial charge >= 0.3 is 23.9 Å². The van der Waals surface area contributed by atoms with Crippen molar-refractivity contribution in [1.29, 1.82) is 0 Å². The van der Waals surface area contributed by atoms with Crippen LogP contribution in [0.3, 0.4) is 0 Å². The molecule has 0 saturated carbocycles. The van der Waals surface area contributed by atoms with Gasteiger partial charge in [-0.05, 0) is 13.3 Å². The van der Waals surface area contributed by atoms with Crippen molar-refractivity contribution in [2.24, 2.45) is 11.8 Å². The maximum atomic E-state index is 11.9. The van der Waals surface area contributed by atoms with Crippen molar-refractivity contribution < 1.29 is 52.3 Å². The van der Waals surface area contributed by atoms with Gasteiger partial charge in [0.15, 0.2) is 12.4 Å². The van der Waals surface area contributed by atoms with Crippen LogP contribution in [0.2, 0.25) is 0 Å². The Bertz CT molecular complexity index is 767. The van der Waals surface area contributed by atoms with Crippen LogP contribution in [0.25, 0.3) is 0 Å². The molecule has 2 aliphatic heterocycles. The number of ether oxygens (including phenoxy) is 7. The van der Waals surface area contributed by atoms with Crippen LogP contribution in [-0.4, -0.2) is 79.5 Å². The van der Waals surface area contributed by atoms with E-state index in [-0.39, 0.29) is 24.7 Å². The minimum atomic E-state index is -1.09. The normalized spacial score (nSPS) is 37.1. The third kappa shape index (κ3) is 7.62. The van der Waals surface area contributed by atoms with Crippen LogP contribution in [0.5, 0.6) is 0 Å². The van der Waals surface area contributed by atoms with Gasteiger partial charge in [-0.25, -0.2) is 0 Å². The van der Waals surface area contributed by atoms with E-state index < -0.39 is 66.6 Å². The molecule has 2 fully saturated rings. The average molecular weight is 503 g/mol. The summed E-state index contributed by atoms with van der Waals surface area (Å²) in [6.45, 7) is 12.3. The molecule has 0 bridgehead atoms. The van der Waals surface area contributed by atoms with E-state index in [9.17, 15) is 19.2 Å². The van der Waals surface area contributed by atoms with E-state index in [1.165, 1.54) is 27.7 Å². The lowest BCUT2D eigenvalue weighted by Crippen LogP contribution is -2.61. The Morgan fingerprint density at radius 2 is 1.17 bits per heavy atom.